The Morgan fingerprint density at radius 3 is 1.43 bits per heavy atom. The van der Waals surface area contributed by atoms with Crippen molar-refractivity contribution >= 4 is 25.3 Å². The van der Waals surface area contributed by atoms with E-state index in [0.717, 1.165) is 11.5 Å². The fourth-order valence-corrected chi connectivity index (χ4v) is 0.450. The molecule has 0 bridgehead atoms. The van der Waals surface area contributed by atoms with E-state index in [2.05, 4.69) is 39.1 Å². The van der Waals surface area contributed by atoms with Gasteiger partial charge in [-0.05, 0) is 16.9 Å². The van der Waals surface area contributed by atoms with Crippen LogP contribution in [0.25, 0.3) is 0 Å². The van der Waals surface area contributed by atoms with Gasteiger partial charge in [0.05, 0.1) is 0 Å². The molecule has 0 nitrogen and oxygen atoms in total. The SMILES string of the molecule is CC(C)(CS)CS. The van der Waals surface area contributed by atoms with Crippen LogP contribution in [0.5, 0.6) is 0 Å². The Hall–Kier alpha value is 0.700. The highest BCUT2D eigenvalue weighted by Crippen LogP contribution is 2.17. The molecule has 0 saturated carbocycles. The summed E-state index contributed by atoms with van der Waals surface area (Å²) in [5.41, 5.74) is 0.312. The zero-order chi connectivity index (χ0) is 5.91. The lowest BCUT2D eigenvalue weighted by Gasteiger charge is -2.17. The van der Waals surface area contributed by atoms with Crippen LogP contribution in [-0.4, -0.2) is 11.5 Å². The van der Waals surface area contributed by atoms with Gasteiger partial charge in [-0.15, -0.1) is 0 Å². The average molecular weight is 136 g/mol. The van der Waals surface area contributed by atoms with Gasteiger partial charge in [0.1, 0.15) is 0 Å². The van der Waals surface area contributed by atoms with Crippen LogP contribution in [0.4, 0.5) is 0 Å². The van der Waals surface area contributed by atoms with E-state index in [1.54, 1.807) is 0 Å². The zero-order valence-electron chi connectivity index (χ0n) is 4.81. The molecule has 0 aromatic rings. The van der Waals surface area contributed by atoms with E-state index in [-0.39, 0.29) is 0 Å². The van der Waals surface area contributed by atoms with Crippen LogP contribution >= 0.6 is 25.3 Å². The molecule has 0 aromatic carbocycles. The van der Waals surface area contributed by atoms with Gasteiger partial charge < -0.3 is 0 Å². The maximum Gasteiger partial charge on any atom is -0.00386 e. The van der Waals surface area contributed by atoms with Crippen molar-refractivity contribution in [3.8, 4) is 0 Å². The molecule has 7 heavy (non-hydrogen) atoms. The Morgan fingerprint density at radius 1 is 1.14 bits per heavy atom. The monoisotopic (exact) mass is 136 g/mol. The second-order valence-electron chi connectivity index (χ2n) is 2.48. The van der Waals surface area contributed by atoms with E-state index < -0.39 is 0 Å². The molecule has 0 saturated heterocycles. The number of hydrogen-bond acceptors (Lipinski definition) is 2. The minimum Gasteiger partial charge on any atom is -0.179 e. The molecule has 0 aromatic heterocycles. The van der Waals surface area contributed by atoms with Gasteiger partial charge >= 0.3 is 0 Å². The normalized spacial score (nSPS) is 12.0. The van der Waals surface area contributed by atoms with Crippen molar-refractivity contribution in [1.82, 2.24) is 0 Å². The average Bonchev–Trinajstić information content (AvgIpc) is 1.68. The summed E-state index contributed by atoms with van der Waals surface area (Å²) < 4.78 is 0. The summed E-state index contributed by atoms with van der Waals surface area (Å²) in [6.45, 7) is 4.29. The molecular weight excluding hydrogens is 124 g/mol. The molecule has 0 aliphatic heterocycles. The topological polar surface area (TPSA) is 0 Å². The van der Waals surface area contributed by atoms with Crippen LogP contribution in [-0.2, 0) is 0 Å². The van der Waals surface area contributed by atoms with E-state index in [4.69, 9.17) is 0 Å². The molecule has 0 unspecified atom stereocenters. The second kappa shape index (κ2) is 2.88. The van der Waals surface area contributed by atoms with Crippen molar-refractivity contribution in [2.45, 2.75) is 13.8 Å². The maximum atomic E-state index is 4.13. The van der Waals surface area contributed by atoms with E-state index >= 15 is 0 Å². The Kier molecular flexibility index (Phi) is 3.16. The van der Waals surface area contributed by atoms with E-state index in [1.165, 1.54) is 0 Å². The van der Waals surface area contributed by atoms with Crippen LogP contribution in [0.3, 0.4) is 0 Å². The van der Waals surface area contributed by atoms with E-state index in [1.807, 2.05) is 0 Å². The summed E-state index contributed by atoms with van der Waals surface area (Å²) in [7, 11) is 0. The first-order chi connectivity index (χ1) is 3.12. The van der Waals surface area contributed by atoms with Crippen LogP contribution < -0.4 is 0 Å². The predicted molar refractivity (Wildman–Crippen MR) is 41.5 cm³/mol. The quantitative estimate of drug-likeness (QED) is 0.532. The van der Waals surface area contributed by atoms with Crippen LogP contribution in [0, 0.1) is 5.41 Å². The third kappa shape index (κ3) is 3.30. The highest BCUT2D eigenvalue weighted by Gasteiger charge is 2.11. The van der Waals surface area contributed by atoms with Crippen LogP contribution in [0.2, 0.25) is 0 Å². The van der Waals surface area contributed by atoms with Gasteiger partial charge in [0, 0.05) is 0 Å². The Labute approximate surface area is 56.5 Å². The summed E-state index contributed by atoms with van der Waals surface area (Å²) in [6.07, 6.45) is 0. The molecule has 0 atom stereocenters. The smallest absolute Gasteiger partial charge is 0.00386 e. The zero-order valence-corrected chi connectivity index (χ0v) is 6.60. The van der Waals surface area contributed by atoms with Gasteiger partial charge in [0.15, 0.2) is 0 Å². The van der Waals surface area contributed by atoms with Crippen molar-refractivity contribution in [3.05, 3.63) is 0 Å². The molecule has 2 heteroatoms. The standard InChI is InChI=1S/C5H12S2/c1-5(2,3-6)4-7/h6-7H,3-4H2,1-2H3. The number of thiol groups is 2. The molecule has 0 amide bonds. The van der Waals surface area contributed by atoms with Crippen molar-refractivity contribution in [2.24, 2.45) is 5.41 Å². The highest BCUT2D eigenvalue weighted by atomic mass is 32.1. The molecular formula is C5H12S2. The lowest BCUT2D eigenvalue weighted by molar-refractivity contribution is 0.495. The summed E-state index contributed by atoms with van der Waals surface area (Å²) in [5.74, 6) is 1.83. The van der Waals surface area contributed by atoms with Crippen molar-refractivity contribution in [2.75, 3.05) is 11.5 Å². The molecule has 0 rings (SSSR count). The van der Waals surface area contributed by atoms with Gasteiger partial charge in [-0.2, -0.15) is 25.3 Å². The molecule has 0 spiro atoms. The Balaban J connectivity index is 3.36. The third-order valence-corrected chi connectivity index (χ3v) is 2.57. The molecule has 0 aliphatic carbocycles. The second-order valence-corrected chi connectivity index (χ2v) is 3.11. The molecule has 44 valence electrons. The minimum absolute atomic E-state index is 0.312. The highest BCUT2D eigenvalue weighted by molar-refractivity contribution is 7.81. The predicted octanol–water partition coefficient (Wildman–Crippen LogP) is 1.87. The molecule has 0 heterocycles. The third-order valence-electron chi connectivity index (χ3n) is 0.856. The van der Waals surface area contributed by atoms with Gasteiger partial charge in [0.25, 0.3) is 0 Å². The van der Waals surface area contributed by atoms with Gasteiger partial charge in [-0.3, -0.25) is 0 Å². The summed E-state index contributed by atoms with van der Waals surface area (Å²) in [5, 5.41) is 0. The maximum absolute atomic E-state index is 4.13. The first kappa shape index (κ1) is 7.70. The first-order valence-corrected chi connectivity index (χ1v) is 3.60. The van der Waals surface area contributed by atoms with Gasteiger partial charge in [-0.25, -0.2) is 0 Å². The fraction of sp³-hybridized carbons (Fsp3) is 1.00. The fourth-order valence-electron chi connectivity index (χ4n) is 0.0500. The molecule has 0 aliphatic rings. The summed E-state index contributed by atoms with van der Waals surface area (Å²) in [6, 6.07) is 0. The lowest BCUT2D eigenvalue weighted by atomic mass is 10.0. The Bertz CT molecular complexity index is 44.0. The first-order valence-electron chi connectivity index (χ1n) is 2.34. The largest absolute Gasteiger partial charge is 0.179 e. The van der Waals surface area contributed by atoms with Crippen LogP contribution in [0.1, 0.15) is 13.8 Å². The number of hydrogen-bond donors (Lipinski definition) is 2. The molecule has 0 N–H and O–H groups in total. The number of rotatable bonds is 2. The van der Waals surface area contributed by atoms with Gasteiger partial charge in [0.2, 0.25) is 0 Å². The van der Waals surface area contributed by atoms with E-state index in [0.29, 0.717) is 5.41 Å². The lowest BCUT2D eigenvalue weighted by Crippen LogP contribution is -2.14. The molecule has 0 radical (unpaired) electrons. The van der Waals surface area contributed by atoms with Crippen molar-refractivity contribution in [3.63, 3.8) is 0 Å². The molecule has 0 fully saturated rings. The minimum atomic E-state index is 0.312. The summed E-state index contributed by atoms with van der Waals surface area (Å²) >= 11 is 8.26. The van der Waals surface area contributed by atoms with Crippen LogP contribution in [0.15, 0.2) is 0 Å². The van der Waals surface area contributed by atoms with Gasteiger partial charge in [-0.1, -0.05) is 13.8 Å². The Morgan fingerprint density at radius 2 is 1.43 bits per heavy atom. The van der Waals surface area contributed by atoms with Crippen molar-refractivity contribution < 1.29 is 0 Å². The summed E-state index contributed by atoms with van der Waals surface area (Å²) in [4.78, 5) is 0. The van der Waals surface area contributed by atoms with Crippen molar-refractivity contribution in [1.29, 1.82) is 0 Å². The van der Waals surface area contributed by atoms with E-state index in [9.17, 15) is 0 Å².